The number of imidazole rings is 1. The summed E-state index contributed by atoms with van der Waals surface area (Å²) >= 11 is 0. The molecule has 27 heavy (non-hydrogen) atoms. The summed E-state index contributed by atoms with van der Waals surface area (Å²) in [6.07, 6.45) is 8.09. The minimum Gasteiger partial charge on any atom is -0.305 e. The fourth-order valence-corrected chi connectivity index (χ4v) is 5.14. The maximum absolute atomic E-state index is 13.1. The van der Waals surface area contributed by atoms with Crippen molar-refractivity contribution in [1.29, 1.82) is 0 Å². The Morgan fingerprint density at radius 2 is 1.93 bits per heavy atom. The van der Waals surface area contributed by atoms with Crippen molar-refractivity contribution in [3.63, 3.8) is 0 Å². The number of sulfonamides is 1. The van der Waals surface area contributed by atoms with Gasteiger partial charge in [-0.25, -0.2) is 13.4 Å². The van der Waals surface area contributed by atoms with E-state index in [-0.39, 0.29) is 5.92 Å². The van der Waals surface area contributed by atoms with Crippen molar-refractivity contribution in [1.82, 2.24) is 23.6 Å². The van der Waals surface area contributed by atoms with Gasteiger partial charge in [0.25, 0.3) is 0 Å². The molecule has 0 amide bonds. The van der Waals surface area contributed by atoms with Gasteiger partial charge in [-0.05, 0) is 31.5 Å². The maximum atomic E-state index is 13.1. The first-order valence-electron chi connectivity index (χ1n) is 9.04. The second kappa shape index (κ2) is 7.38. The van der Waals surface area contributed by atoms with E-state index in [0.29, 0.717) is 18.0 Å². The summed E-state index contributed by atoms with van der Waals surface area (Å²) in [7, 11) is -1.45. The van der Waals surface area contributed by atoms with Crippen molar-refractivity contribution >= 4 is 15.7 Å². The van der Waals surface area contributed by atoms with E-state index in [4.69, 9.17) is 0 Å². The van der Waals surface area contributed by atoms with Crippen LogP contribution >= 0.6 is 0 Å². The second-order valence-corrected chi connectivity index (χ2v) is 9.02. The number of fused-ring (bicyclic) bond motifs is 1. The molecule has 1 unspecified atom stereocenters. The van der Waals surface area contributed by atoms with Crippen molar-refractivity contribution < 1.29 is 8.42 Å². The molecule has 4 rings (SSSR count). The zero-order valence-corrected chi connectivity index (χ0v) is 16.1. The first kappa shape index (κ1) is 18.1. The quantitative estimate of drug-likeness (QED) is 0.681. The van der Waals surface area contributed by atoms with Crippen molar-refractivity contribution in [2.75, 3.05) is 33.2 Å². The molecule has 1 aliphatic rings. The van der Waals surface area contributed by atoms with E-state index >= 15 is 0 Å². The molecular weight excluding hydrogens is 362 g/mol. The molecule has 142 valence electrons. The van der Waals surface area contributed by atoms with Crippen LogP contribution in [0.2, 0.25) is 0 Å². The highest BCUT2D eigenvalue weighted by molar-refractivity contribution is 7.89. The largest absolute Gasteiger partial charge is 0.305 e. The van der Waals surface area contributed by atoms with Gasteiger partial charge in [0, 0.05) is 44.8 Å². The molecule has 3 heterocycles. The normalized spacial score (nSPS) is 20.0. The SMILES string of the molecule is CN1CCN(S(=O)(=O)c2ccccc2)CC(Cc2cn3ccnc3cn2)C1. The first-order valence-corrected chi connectivity index (χ1v) is 10.5. The van der Waals surface area contributed by atoms with E-state index in [1.165, 1.54) is 0 Å². The topological polar surface area (TPSA) is 70.8 Å². The molecule has 0 radical (unpaired) electrons. The molecule has 0 saturated carbocycles. The van der Waals surface area contributed by atoms with Crippen LogP contribution in [0.5, 0.6) is 0 Å². The third-order valence-corrected chi connectivity index (χ3v) is 6.85. The fourth-order valence-electron chi connectivity index (χ4n) is 3.61. The molecule has 1 aliphatic heterocycles. The lowest BCUT2D eigenvalue weighted by Gasteiger charge is -2.23. The minimum absolute atomic E-state index is 0.171. The number of benzene rings is 1. The molecule has 8 heteroatoms. The van der Waals surface area contributed by atoms with Crippen LogP contribution in [0.25, 0.3) is 5.65 Å². The summed E-state index contributed by atoms with van der Waals surface area (Å²) in [5.74, 6) is 0.171. The Hall–Kier alpha value is -2.29. The second-order valence-electron chi connectivity index (χ2n) is 7.08. The number of likely N-dealkylation sites (N-methyl/N-ethyl adjacent to an activating group) is 1. The minimum atomic E-state index is -3.49. The van der Waals surface area contributed by atoms with Gasteiger partial charge in [0.05, 0.1) is 16.8 Å². The van der Waals surface area contributed by atoms with Gasteiger partial charge in [-0.15, -0.1) is 0 Å². The summed E-state index contributed by atoms with van der Waals surface area (Å²) < 4.78 is 29.7. The van der Waals surface area contributed by atoms with Gasteiger partial charge in [-0.1, -0.05) is 18.2 Å². The smallest absolute Gasteiger partial charge is 0.243 e. The lowest BCUT2D eigenvalue weighted by atomic mass is 10.0. The summed E-state index contributed by atoms with van der Waals surface area (Å²) in [5, 5.41) is 0. The van der Waals surface area contributed by atoms with Crippen molar-refractivity contribution in [2.24, 2.45) is 5.92 Å². The molecule has 1 fully saturated rings. The molecule has 2 aromatic heterocycles. The van der Waals surface area contributed by atoms with Crippen LogP contribution in [0.1, 0.15) is 5.69 Å². The van der Waals surface area contributed by atoms with Gasteiger partial charge in [-0.2, -0.15) is 4.31 Å². The summed E-state index contributed by atoms with van der Waals surface area (Å²) in [4.78, 5) is 11.3. The van der Waals surface area contributed by atoms with Gasteiger partial charge < -0.3 is 9.30 Å². The van der Waals surface area contributed by atoms with Crippen molar-refractivity contribution in [2.45, 2.75) is 11.3 Å². The fraction of sp³-hybridized carbons (Fsp3) is 0.368. The number of hydrogen-bond donors (Lipinski definition) is 0. The maximum Gasteiger partial charge on any atom is 0.243 e. The molecule has 0 bridgehead atoms. The predicted molar refractivity (Wildman–Crippen MR) is 103 cm³/mol. The van der Waals surface area contributed by atoms with E-state index in [1.807, 2.05) is 29.9 Å². The molecule has 1 atom stereocenters. The summed E-state index contributed by atoms with van der Waals surface area (Å²) in [6, 6.07) is 8.67. The molecule has 1 saturated heterocycles. The van der Waals surface area contributed by atoms with Crippen LogP contribution in [0, 0.1) is 5.92 Å². The lowest BCUT2D eigenvalue weighted by molar-refractivity contribution is 0.307. The Labute approximate surface area is 159 Å². The molecule has 7 nitrogen and oxygen atoms in total. The standard InChI is InChI=1S/C19H23N5O2S/c1-22-9-10-24(27(25,26)18-5-3-2-4-6-18)14-16(13-22)11-17-15-23-8-7-20-19(23)12-21-17/h2-8,12,15-16H,9-11,13-14H2,1H3. The van der Waals surface area contributed by atoms with E-state index < -0.39 is 10.0 Å². The van der Waals surface area contributed by atoms with Crippen LogP contribution in [-0.2, 0) is 16.4 Å². The Balaban J connectivity index is 1.57. The van der Waals surface area contributed by atoms with Crippen LogP contribution in [0.15, 0.2) is 60.0 Å². The van der Waals surface area contributed by atoms with Crippen LogP contribution in [0.3, 0.4) is 0 Å². The average Bonchev–Trinajstić information content (AvgIpc) is 3.04. The van der Waals surface area contributed by atoms with Gasteiger partial charge >= 0.3 is 0 Å². The van der Waals surface area contributed by atoms with Crippen LogP contribution < -0.4 is 0 Å². The average molecular weight is 385 g/mol. The highest BCUT2D eigenvalue weighted by Crippen LogP contribution is 2.21. The number of hydrogen-bond acceptors (Lipinski definition) is 5. The third-order valence-electron chi connectivity index (χ3n) is 4.97. The lowest BCUT2D eigenvalue weighted by Crippen LogP contribution is -2.36. The molecule has 0 aliphatic carbocycles. The van der Waals surface area contributed by atoms with E-state index in [1.54, 1.807) is 41.0 Å². The van der Waals surface area contributed by atoms with Gasteiger partial charge in [-0.3, -0.25) is 4.98 Å². The van der Waals surface area contributed by atoms with Crippen molar-refractivity contribution in [3.05, 3.63) is 60.8 Å². The number of nitrogens with zero attached hydrogens (tertiary/aromatic N) is 5. The Kier molecular flexibility index (Phi) is 4.94. The molecular formula is C19H23N5O2S. The Morgan fingerprint density at radius 1 is 1.11 bits per heavy atom. The number of aromatic nitrogens is 3. The first-order chi connectivity index (χ1) is 13.0. The van der Waals surface area contributed by atoms with Gasteiger partial charge in [0.2, 0.25) is 10.0 Å². The molecule has 0 N–H and O–H groups in total. The zero-order valence-electron chi connectivity index (χ0n) is 15.3. The van der Waals surface area contributed by atoms with E-state index in [0.717, 1.165) is 30.9 Å². The molecule has 0 spiro atoms. The highest BCUT2D eigenvalue weighted by atomic mass is 32.2. The van der Waals surface area contributed by atoms with Gasteiger partial charge in [0.1, 0.15) is 0 Å². The van der Waals surface area contributed by atoms with Crippen LogP contribution in [-0.4, -0.2) is 65.2 Å². The zero-order chi connectivity index (χ0) is 18.9. The monoisotopic (exact) mass is 385 g/mol. The predicted octanol–water partition coefficient (Wildman–Crippen LogP) is 1.52. The summed E-state index contributed by atoms with van der Waals surface area (Å²) in [5.41, 5.74) is 1.75. The Morgan fingerprint density at radius 3 is 2.74 bits per heavy atom. The third kappa shape index (κ3) is 3.87. The van der Waals surface area contributed by atoms with Gasteiger partial charge in [0.15, 0.2) is 5.65 Å². The summed E-state index contributed by atoms with van der Waals surface area (Å²) in [6.45, 7) is 2.55. The number of rotatable bonds is 4. The molecule has 1 aromatic carbocycles. The van der Waals surface area contributed by atoms with Crippen LogP contribution in [0.4, 0.5) is 0 Å². The van der Waals surface area contributed by atoms with E-state index in [9.17, 15) is 8.42 Å². The Bertz CT molecular complexity index is 1020. The van der Waals surface area contributed by atoms with Crippen molar-refractivity contribution in [3.8, 4) is 0 Å². The molecule has 3 aromatic rings. The highest BCUT2D eigenvalue weighted by Gasteiger charge is 2.30. The van der Waals surface area contributed by atoms with E-state index in [2.05, 4.69) is 14.9 Å².